The fraction of sp³-hybridized carbons (Fsp3) is 0.400. The van der Waals surface area contributed by atoms with E-state index in [1.54, 1.807) is 29.2 Å². The number of likely N-dealkylation sites (tertiary alicyclic amines) is 1. The van der Waals surface area contributed by atoms with Gasteiger partial charge in [0.2, 0.25) is 0 Å². The molecule has 1 aliphatic heterocycles. The zero-order valence-electron chi connectivity index (χ0n) is 22.0. The highest BCUT2D eigenvalue weighted by molar-refractivity contribution is 5.91. The van der Waals surface area contributed by atoms with Crippen LogP contribution in [-0.2, 0) is 17.7 Å². The SMILES string of the molecule is Cc1c(C(=O)OC(C)(C)C)cc(C2CCN(C(=O)Oc3ccccc3)CC2)n1CCc1ccc(F)cc1. The molecule has 6 nitrogen and oxygen atoms in total. The van der Waals surface area contributed by atoms with Gasteiger partial charge in [-0.2, -0.15) is 0 Å². The van der Waals surface area contributed by atoms with E-state index in [2.05, 4.69) is 4.57 Å². The molecule has 2 heterocycles. The maximum absolute atomic E-state index is 13.4. The summed E-state index contributed by atoms with van der Waals surface area (Å²) in [5, 5.41) is 0. The number of halogens is 1. The number of nitrogens with zero attached hydrogens (tertiary/aromatic N) is 2. The highest BCUT2D eigenvalue weighted by Crippen LogP contribution is 2.33. The number of carbonyl (C=O) groups excluding carboxylic acids is 2. The Balaban J connectivity index is 1.51. The van der Waals surface area contributed by atoms with Gasteiger partial charge < -0.3 is 18.9 Å². The minimum atomic E-state index is -0.593. The van der Waals surface area contributed by atoms with Gasteiger partial charge in [-0.25, -0.2) is 14.0 Å². The van der Waals surface area contributed by atoms with Gasteiger partial charge in [0.15, 0.2) is 0 Å². The van der Waals surface area contributed by atoms with Gasteiger partial charge in [-0.3, -0.25) is 0 Å². The fourth-order valence-electron chi connectivity index (χ4n) is 4.75. The summed E-state index contributed by atoms with van der Waals surface area (Å²) in [4.78, 5) is 27.4. The minimum absolute atomic E-state index is 0.184. The molecule has 1 aliphatic rings. The van der Waals surface area contributed by atoms with Crippen molar-refractivity contribution in [2.45, 2.75) is 65.0 Å². The van der Waals surface area contributed by atoms with Crippen molar-refractivity contribution in [2.75, 3.05) is 13.1 Å². The lowest BCUT2D eigenvalue weighted by Gasteiger charge is -2.32. The van der Waals surface area contributed by atoms with Crippen molar-refractivity contribution in [1.29, 1.82) is 0 Å². The molecule has 0 bridgehead atoms. The van der Waals surface area contributed by atoms with Crippen molar-refractivity contribution in [3.63, 3.8) is 0 Å². The number of para-hydroxylation sites is 1. The highest BCUT2D eigenvalue weighted by atomic mass is 19.1. The van der Waals surface area contributed by atoms with E-state index in [0.29, 0.717) is 37.4 Å². The van der Waals surface area contributed by atoms with Crippen molar-refractivity contribution in [2.24, 2.45) is 0 Å². The Hall–Kier alpha value is -3.61. The van der Waals surface area contributed by atoms with Crippen LogP contribution in [0.2, 0.25) is 0 Å². The van der Waals surface area contributed by atoms with E-state index in [-0.39, 0.29) is 23.8 Å². The van der Waals surface area contributed by atoms with Gasteiger partial charge in [0, 0.05) is 36.9 Å². The Morgan fingerprint density at radius 2 is 1.65 bits per heavy atom. The summed E-state index contributed by atoms with van der Waals surface area (Å²) in [5.41, 5.74) is 2.92. The number of aryl methyl sites for hydroxylation is 1. The molecule has 0 unspecified atom stereocenters. The summed E-state index contributed by atoms with van der Waals surface area (Å²) in [5.74, 6) is 0.118. The molecular weight excluding hydrogens is 471 g/mol. The second kappa shape index (κ2) is 11.2. The van der Waals surface area contributed by atoms with Crippen LogP contribution in [0.5, 0.6) is 5.75 Å². The lowest BCUT2D eigenvalue weighted by atomic mass is 9.93. The van der Waals surface area contributed by atoms with Crippen LogP contribution >= 0.6 is 0 Å². The van der Waals surface area contributed by atoms with E-state index >= 15 is 0 Å². The zero-order valence-corrected chi connectivity index (χ0v) is 22.0. The zero-order chi connectivity index (χ0) is 26.6. The van der Waals surface area contributed by atoms with Crippen molar-refractivity contribution >= 4 is 12.1 Å². The van der Waals surface area contributed by atoms with Crippen LogP contribution in [0.15, 0.2) is 60.7 Å². The van der Waals surface area contributed by atoms with Crippen LogP contribution in [0.1, 0.15) is 66.8 Å². The molecule has 0 radical (unpaired) electrons. The summed E-state index contributed by atoms with van der Waals surface area (Å²) in [6.45, 7) is 9.32. The number of hydrogen-bond acceptors (Lipinski definition) is 4. The Labute approximate surface area is 218 Å². The van der Waals surface area contributed by atoms with Gasteiger partial charge in [-0.05, 0) is 82.9 Å². The van der Waals surface area contributed by atoms with Crippen molar-refractivity contribution in [3.8, 4) is 5.75 Å². The standard InChI is InChI=1S/C30H35FN2O4/c1-21-26(28(34)37-30(2,3)4)20-27(33(21)19-14-22-10-12-24(31)13-11-22)23-15-17-32(18-16-23)29(35)36-25-8-6-5-7-9-25/h5-13,20,23H,14-19H2,1-4H3. The largest absolute Gasteiger partial charge is 0.456 e. The summed E-state index contributed by atoms with van der Waals surface area (Å²) in [6.07, 6.45) is 1.88. The first-order valence-corrected chi connectivity index (χ1v) is 12.8. The number of aromatic nitrogens is 1. The van der Waals surface area contributed by atoms with E-state index in [1.807, 2.05) is 52.0 Å². The molecule has 0 aliphatic carbocycles. The number of amides is 1. The van der Waals surface area contributed by atoms with Gasteiger partial charge in [-0.1, -0.05) is 30.3 Å². The van der Waals surface area contributed by atoms with Crippen molar-refractivity contribution < 1.29 is 23.5 Å². The number of carbonyl (C=O) groups is 2. The van der Waals surface area contributed by atoms with Gasteiger partial charge >= 0.3 is 12.1 Å². The van der Waals surface area contributed by atoms with Gasteiger partial charge in [0.05, 0.1) is 5.56 Å². The first kappa shape index (κ1) is 26.5. The number of hydrogen-bond donors (Lipinski definition) is 0. The number of benzene rings is 2. The average molecular weight is 507 g/mol. The van der Waals surface area contributed by atoms with Crippen LogP contribution in [0.4, 0.5) is 9.18 Å². The van der Waals surface area contributed by atoms with Crippen molar-refractivity contribution in [1.82, 2.24) is 9.47 Å². The molecule has 0 spiro atoms. The molecule has 1 fully saturated rings. The summed E-state index contributed by atoms with van der Waals surface area (Å²) in [7, 11) is 0. The lowest BCUT2D eigenvalue weighted by molar-refractivity contribution is 0.00685. The lowest BCUT2D eigenvalue weighted by Crippen LogP contribution is -2.40. The quantitative estimate of drug-likeness (QED) is 0.358. The van der Waals surface area contributed by atoms with Crippen LogP contribution in [0.3, 0.4) is 0 Å². The van der Waals surface area contributed by atoms with Crippen molar-refractivity contribution in [3.05, 3.63) is 89.0 Å². The maximum Gasteiger partial charge on any atom is 0.415 e. The van der Waals surface area contributed by atoms with Gasteiger partial charge in [-0.15, -0.1) is 0 Å². The van der Waals surface area contributed by atoms with E-state index in [4.69, 9.17) is 9.47 Å². The molecular formula is C30H35FN2O4. The first-order chi connectivity index (χ1) is 17.6. The van der Waals surface area contributed by atoms with Gasteiger partial charge in [0.1, 0.15) is 17.2 Å². The molecule has 1 aromatic heterocycles. The van der Waals surface area contributed by atoms with E-state index in [1.165, 1.54) is 12.1 Å². The molecule has 196 valence electrons. The van der Waals surface area contributed by atoms with Crippen LogP contribution in [-0.4, -0.2) is 40.2 Å². The molecule has 0 N–H and O–H groups in total. The molecule has 1 amide bonds. The second-order valence-electron chi connectivity index (χ2n) is 10.5. The molecule has 0 saturated carbocycles. The predicted molar refractivity (Wildman–Crippen MR) is 140 cm³/mol. The first-order valence-electron chi connectivity index (χ1n) is 12.8. The smallest absolute Gasteiger partial charge is 0.415 e. The third kappa shape index (κ3) is 6.79. The summed E-state index contributed by atoms with van der Waals surface area (Å²) in [6, 6.07) is 17.5. The Bertz CT molecular complexity index is 1220. The molecule has 3 aromatic rings. The third-order valence-corrected chi connectivity index (χ3v) is 6.67. The summed E-state index contributed by atoms with van der Waals surface area (Å²) < 4.78 is 26.7. The number of esters is 1. The van der Waals surface area contributed by atoms with Gasteiger partial charge in [0.25, 0.3) is 0 Å². The Kier molecular flexibility index (Phi) is 8.00. The van der Waals surface area contributed by atoms with Crippen LogP contribution in [0, 0.1) is 12.7 Å². The average Bonchev–Trinajstić information content (AvgIpc) is 3.19. The molecule has 1 saturated heterocycles. The van der Waals surface area contributed by atoms with E-state index in [0.717, 1.165) is 29.8 Å². The number of ether oxygens (including phenoxy) is 2. The molecule has 7 heteroatoms. The number of rotatable bonds is 6. The third-order valence-electron chi connectivity index (χ3n) is 6.67. The minimum Gasteiger partial charge on any atom is -0.456 e. The van der Waals surface area contributed by atoms with E-state index < -0.39 is 5.60 Å². The molecule has 2 aromatic carbocycles. The second-order valence-corrected chi connectivity index (χ2v) is 10.5. The monoisotopic (exact) mass is 506 g/mol. The fourth-order valence-corrected chi connectivity index (χ4v) is 4.75. The van der Waals surface area contributed by atoms with Crippen LogP contribution in [0.25, 0.3) is 0 Å². The highest BCUT2D eigenvalue weighted by Gasteiger charge is 2.30. The molecule has 0 atom stereocenters. The predicted octanol–water partition coefficient (Wildman–Crippen LogP) is 6.51. The van der Waals surface area contributed by atoms with E-state index in [9.17, 15) is 14.0 Å². The summed E-state index contributed by atoms with van der Waals surface area (Å²) >= 11 is 0. The number of piperidine rings is 1. The topological polar surface area (TPSA) is 60.8 Å². The molecule has 37 heavy (non-hydrogen) atoms. The Morgan fingerprint density at radius 3 is 2.27 bits per heavy atom. The maximum atomic E-state index is 13.4. The van der Waals surface area contributed by atoms with Crippen LogP contribution < -0.4 is 4.74 Å². The molecule has 4 rings (SSSR count). The normalized spacial score (nSPS) is 14.5. The Morgan fingerprint density at radius 1 is 1.00 bits per heavy atom.